The lowest BCUT2D eigenvalue weighted by atomic mass is 9.75. The molecular formula is C17H23N5O3. The number of imide groups is 1. The zero-order chi connectivity index (χ0) is 17.6. The molecule has 1 saturated heterocycles. The number of aryl methyl sites for hydroxylation is 1. The molecule has 1 atom stereocenters. The molecule has 1 aromatic rings. The third-order valence-electron chi connectivity index (χ3n) is 5.69. The van der Waals surface area contributed by atoms with E-state index in [1.807, 2.05) is 6.07 Å². The molecule has 1 aliphatic heterocycles. The Morgan fingerprint density at radius 3 is 2.64 bits per heavy atom. The highest BCUT2D eigenvalue weighted by atomic mass is 16.2. The summed E-state index contributed by atoms with van der Waals surface area (Å²) in [5.74, 6) is 0.165. The number of hydrogen-bond acceptors (Lipinski definition) is 4. The fourth-order valence-electron chi connectivity index (χ4n) is 4.20. The van der Waals surface area contributed by atoms with E-state index in [1.165, 1.54) is 12.8 Å². The lowest BCUT2D eigenvalue weighted by Gasteiger charge is -2.38. The average molecular weight is 345 g/mol. The second-order valence-corrected chi connectivity index (χ2v) is 7.40. The lowest BCUT2D eigenvalue weighted by molar-refractivity contribution is -0.122. The molecule has 2 aliphatic carbocycles. The van der Waals surface area contributed by atoms with Crippen molar-refractivity contribution >= 4 is 17.8 Å². The van der Waals surface area contributed by atoms with Crippen LogP contribution in [0.15, 0.2) is 6.07 Å². The van der Waals surface area contributed by atoms with E-state index in [1.54, 1.807) is 11.7 Å². The Labute approximate surface area is 145 Å². The van der Waals surface area contributed by atoms with Crippen molar-refractivity contribution in [3.8, 4) is 0 Å². The van der Waals surface area contributed by atoms with Gasteiger partial charge in [-0.15, -0.1) is 0 Å². The van der Waals surface area contributed by atoms with Crippen LogP contribution < -0.4 is 16.0 Å². The van der Waals surface area contributed by atoms with Gasteiger partial charge in [0.15, 0.2) is 0 Å². The normalized spacial score (nSPS) is 29.2. The summed E-state index contributed by atoms with van der Waals surface area (Å²) >= 11 is 0. The first-order chi connectivity index (χ1) is 12.0. The summed E-state index contributed by atoms with van der Waals surface area (Å²) < 4.78 is 1.66. The number of carbonyl (C=O) groups excluding carboxylic acids is 3. The Kier molecular flexibility index (Phi) is 3.97. The number of hydrogen-bond donors (Lipinski definition) is 3. The summed E-state index contributed by atoms with van der Waals surface area (Å²) in [5, 5.41) is 12.4. The number of carbonyl (C=O) groups is 3. The smallest absolute Gasteiger partial charge is 0.322 e. The molecule has 8 heteroatoms. The zero-order valence-electron chi connectivity index (χ0n) is 14.2. The van der Waals surface area contributed by atoms with Crippen molar-refractivity contribution < 1.29 is 14.4 Å². The molecule has 2 saturated carbocycles. The van der Waals surface area contributed by atoms with Crippen LogP contribution in [-0.4, -0.2) is 39.7 Å². The van der Waals surface area contributed by atoms with Gasteiger partial charge in [0.2, 0.25) is 0 Å². The summed E-state index contributed by atoms with van der Waals surface area (Å²) in [6, 6.07) is 1.04. The third-order valence-corrected chi connectivity index (χ3v) is 5.69. The second-order valence-electron chi connectivity index (χ2n) is 7.40. The van der Waals surface area contributed by atoms with Crippen LogP contribution in [0.1, 0.15) is 60.6 Å². The Bertz CT molecular complexity index is 716. The standard InChI is InChI=1S/C17H23N5O3/c1-22-13(8-12(21-22)9-4-2-3-5-9)15(23)18-11-6-10(7-11)14-16(24)20-17(25)19-14/h8-11,14H,2-7H2,1H3,(H,18,23)(H2,19,20,24,25). The Hall–Kier alpha value is -2.38. The van der Waals surface area contributed by atoms with Crippen LogP contribution >= 0.6 is 0 Å². The molecule has 0 spiro atoms. The van der Waals surface area contributed by atoms with Gasteiger partial charge in [0.25, 0.3) is 11.8 Å². The molecule has 1 unspecified atom stereocenters. The molecule has 3 aliphatic rings. The van der Waals surface area contributed by atoms with Crippen molar-refractivity contribution in [3.63, 3.8) is 0 Å². The first-order valence-electron chi connectivity index (χ1n) is 8.97. The van der Waals surface area contributed by atoms with Crippen molar-refractivity contribution in [2.45, 2.75) is 56.5 Å². The van der Waals surface area contributed by atoms with Crippen LogP contribution in [0.3, 0.4) is 0 Å². The Morgan fingerprint density at radius 1 is 1.28 bits per heavy atom. The molecule has 3 fully saturated rings. The number of nitrogens with one attached hydrogen (secondary N) is 3. The number of urea groups is 1. The van der Waals surface area contributed by atoms with E-state index in [9.17, 15) is 14.4 Å². The fraction of sp³-hybridized carbons (Fsp3) is 0.647. The van der Waals surface area contributed by atoms with Gasteiger partial charge < -0.3 is 10.6 Å². The summed E-state index contributed by atoms with van der Waals surface area (Å²) in [5.41, 5.74) is 1.60. The zero-order valence-corrected chi connectivity index (χ0v) is 14.2. The first kappa shape index (κ1) is 16.1. The van der Waals surface area contributed by atoms with E-state index in [0.717, 1.165) is 18.5 Å². The quantitative estimate of drug-likeness (QED) is 0.702. The van der Waals surface area contributed by atoms with Gasteiger partial charge in [-0.1, -0.05) is 12.8 Å². The maximum atomic E-state index is 12.5. The molecule has 0 bridgehead atoms. The van der Waals surface area contributed by atoms with Gasteiger partial charge in [-0.25, -0.2) is 4.79 Å². The minimum absolute atomic E-state index is 0.0348. The largest absolute Gasteiger partial charge is 0.348 e. The molecule has 4 amide bonds. The molecule has 4 rings (SSSR count). The van der Waals surface area contributed by atoms with Crippen molar-refractivity contribution in [2.75, 3.05) is 0 Å². The highest BCUT2D eigenvalue weighted by molar-refractivity contribution is 6.04. The van der Waals surface area contributed by atoms with Gasteiger partial charge >= 0.3 is 6.03 Å². The molecule has 134 valence electrons. The van der Waals surface area contributed by atoms with E-state index >= 15 is 0 Å². The maximum absolute atomic E-state index is 12.5. The molecule has 0 aromatic carbocycles. The Balaban J connectivity index is 1.33. The van der Waals surface area contributed by atoms with Crippen LogP contribution in [0, 0.1) is 5.92 Å². The van der Waals surface area contributed by atoms with Crippen molar-refractivity contribution in [1.82, 2.24) is 25.7 Å². The summed E-state index contributed by atoms with van der Waals surface area (Å²) in [4.78, 5) is 35.3. The highest BCUT2D eigenvalue weighted by Gasteiger charge is 2.43. The average Bonchev–Trinajstić information content (AvgIpc) is 3.22. The summed E-state index contributed by atoms with van der Waals surface area (Å²) in [6.45, 7) is 0. The topological polar surface area (TPSA) is 105 Å². The fourth-order valence-corrected chi connectivity index (χ4v) is 4.20. The van der Waals surface area contributed by atoms with E-state index in [4.69, 9.17) is 0 Å². The van der Waals surface area contributed by atoms with Gasteiger partial charge in [-0.05, 0) is 37.7 Å². The number of aromatic nitrogens is 2. The summed E-state index contributed by atoms with van der Waals surface area (Å²) in [6.07, 6.45) is 6.15. The van der Waals surface area contributed by atoms with Crippen LogP contribution in [0.25, 0.3) is 0 Å². The lowest BCUT2D eigenvalue weighted by Crippen LogP contribution is -2.52. The van der Waals surface area contributed by atoms with Crippen molar-refractivity contribution in [1.29, 1.82) is 0 Å². The molecule has 0 radical (unpaired) electrons. The van der Waals surface area contributed by atoms with Gasteiger partial charge in [-0.3, -0.25) is 19.6 Å². The van der Waals surface area contributed by atoms with E-state index in [-0.39, 0.29) is 23.8 Å². The Morgan fingerprint density at radius 2 is 2.00 bits per heavy atom. The third kappa shape index (κ3) is 3.01. The molecular weight excluding hydrogens is 322 g/mol. The molecule has 8 nitrogen and oxygen atoms in total. The minimum Gasteiger partial charge on any atom is -0.348 e. The van der Waals surface area contributed by atoms with E-state index < -0.39 is 12.1 Å². The minimum atomic E-state index is -0.466. The molecule has 3 N–H and O–H groups in total. The molecule has 25 heavy (non-hydrogen) atoms. The molecule has 1 aromatic heterocycles. The van der Waals surface area contributed by atoms with E-state index in [0.29, 0.717) is 24.5 Å². The van der Waals surface area contributed by atoms with E-state index in [2.05, 4.69) is 21.0 Å². The monoisotopic (exact) mass is 345 g/mol. The summed E-state index contributed by atoms with van der Waals surface area (Å²) in [7, 11) is 1.80. The number of rotatable bonds is 4. The van der Waals surface area contributed by atoms with Crippen LogP contribution in [0.2, 0.25) is 0 Å². The SMILES string of the molecule is Cn1nc(C2CCCC2)cc1C(=O)NC1CC(C2NC(=O)NC2=O)C1. The van der Waals surface area contributed by atoms with Crippen LogP contribution in [-0.2, 0) is 11.8 Å². The van der Waals surface area contributed by atoms with Crippen LogP contribution in [0.4, 0.5) is 4.79 Å². The van der Waals surface area contributed by atoms with Crippen LogP contribution in [0.5, 0.6) is 0 Å². The number of amides is 4. The second kappa shape index (κ2) is 6.16. The predicted molar refractivity (Wildman–Crippen MR) is 88.9 cm³/mol. The maximum Gasteiger partial charge on any atom is 0.322 e. The van der Waals surface area contributed by atoms with Crippen molar-refractivity contribution in [3.05, 3.63) is 17.5 Å². The first-order valence-corrected chi connectivity index (χ1v) is 8.97. The van der Waals surface area contributed by atoms with Gasteiger partial charge in [0, 0.05) is 19.0 Å². The van der Waals surface area contributed by atoms with Gasteiger partial charge in [-0.2, -0.15) is 5.10 Å². The number of nitrogens with zero attached hydrogens (tertiary/aromatic N) is 2. The highest BCUT2D eigenvalue weighted by Crippen LogP contribution is 2.34. The molecule has 2 heterocycles. The predicted octanol–water partition coefficient (Wildman–Crippen LogP) is 0.794. The van der Waals surface area contributed by atoms with Gasteiger partial charge in [0.1, 0.15) is 11.7 Å². The van der Waals surface area contributed by atoms with Gasteiger partial charge in [0.05, 0.1) is 5.69 Å². The van der Waals surface area contributed by atoms with Crippen molar-refractivity contribution in [2.24, 2.45) is 13.0 Å².